The molecule has 92 valence electrons. The maximum Gasteiger partial charge on any atom is 0.225 e. The van der Waals surface area contributed by atoms with Crippen LogP contribution in [0.1, 0.15) is 45.4 Å². The molecule has 2 aliphatic rings. The molecule has 1 aliphatic carbocycles. The van der Waals surface area contributed by atoms with E-state index in [9.17, 15) is 9.90 Å². The molecule has 0 aromatic heterocycles. The summed E-state index contributed by atoms with van der Waals surface area (Å²) in [5, 5.41) is 9.18. The highest BCUT2D eigenvalue weighted by Crippen LogP contribution is 2.30. The zero-order chi connectivity index (χ0) is 11.5. The van der Waals surface area contributed by atoms with Crippen molar-refractivity contribution in [3.8, 4) is 0 Å². The number of amides is 1. The summed E-state index contributed by atoms with van der Waals surface area (Å²) in [6.45, 7) is 3.14. The van der Waals surface area contributed by atoms with Crippen molar-refractivity contribution in [2.45, 2.75) is 51.6 Å². The fourth-order valence-electron chi connectivity index (χ4n) is 2.97. The molecule has 1 saturated carbocycles. The number of aliphatic hydroxyl groups excluding tert-OH is 1. The van der Waals surface area contributed by atoms with Crippen molar-refractivity contribution >= 4 is 5.91 Å². The summed E-state index contributed by atoms with van der Waals surface area (Å²) in [6, 6.07) is 0. The first-order valence-electron chi connectivity index (χ1n) is 6.63. The largest absolute Gasteiger partial charge is 0.389 e. The van der Waals surface area contributed by atoms with E-state index in [4.69, 9.17) is 0 Å². The lowest BCUT2D eigenvalue weighted by atomic mass is 9.82. The Labute approximate surface area is 97.8 Å². The molecule has 2 fully saturated rings. The Morgan fingerprint density at radius 1 is 1.31 bits per heavy atom. The van der Waals surface area contributed by atoms with Gasteiger partial charge in [0.05, 0.1) is 6.10 Å². The number of carbonyl (C=O) groups is 1. The van der Waals surface area contributed by atoms with Crippen molar-refractivity contribution in [1.82, 2.24) is 4.90 Å². The lowest BCUT2D eigenvalue weighted by Gasteiger charge is -2.38. The highest BCUT2D eigenvalue weighted by atomic mass is 16.3. The molecule has 1 atom stereocenters. The van der Waals surface area contributed by atoms with Gasteiger partial charge in [-0.3, -0.25) is 4.79 Å². The van der Waals surface area contributed by atoms with Crippen LogP contribution >= 0.6 is 0 Å². The number of hydrogen-bond acceptors (Lipinski definition) is 2. The molecule has 1 heterocycles. The number of β-amino-alcohol motifs (C(OH)–C–C–N with tert-alkyl or cyclic N) is 1. The minimum Gasteiger partial charge on any atom is -0.389 e. The van der Waals surface area contributed by atoms with Gasteiger partial charge in [0, 0.05) is 19.0 Å². The molecule has 1 unspecified atom stereocenters. The van der Waals surface area contributed by atoms with Crippen LogP contribution in [0.15, 0.2) is 0 Å². The van der Waals surface area contributed by atoms with E-state index in [1.54, 1.807) is 4.90 Å². The van der Waals surface area contributed by atoms with Gasteiger partial charge < -0.3 is 10.0 Å². The van der Waals surface area contributed by atoms with Crippen LogP contribution in [0.4, 0.5) is 0 Å². The fraction of sp³-hybridized carbons (Fsp3) is 0.923. The smallest absolute Gasteiger partial charge is 0.225 e. The molecule has 0 aromatic carbocycles. The summed E-state index contributed by atoms with van der Waals surface area (Å²) in [5.41, 5.74) is 0. The third-order valence-corrected chi connectivity index (χ3v) is 4.01. The second kappa shape index (κ2) is 5.17. The zero-order valence-corrected chi connectivity index (χ0v) is 10.2. The van der Waals surface area contributed by atoms with Crippen molar-refractivity contribution in [2.24, 2.45) is 11.8 Å². The average molecular weight is 225 g/mol. The standard InChI is InChI=1S/C13H23NO2/c1-10(7-11-5-3-2-4-6-11)13(16)14-8-12(15)9-14/h10-12,15H,2-9H2,1H3. The number of likely N-dealkylation sites (tertiary alicyclic amines) is 1. The molecular weight excluding hydrogens is 202 g/mol. The van der Waals surface area contributed by atoms with Crippen molar-refractivity contribution in [1.29, 1.82) is 0 Å². The lowest BCUT2D eigenvalue weighted by Crippen LogP contribution is -2.55. The van der Waals surface area contributed by atoms with E-state index < -0.39 is 0 Å². The van der Waals surface area contributed by atoms with Gasteiger partial charge in [-0.2, -0.15) is 0 Å². The van der Waals surface area contributed by atoms with Gasteiger partial charge in [-0.05, 0) is 12.3 Å². The van der Waals surface area contributed by atoms with Crippen LogP contribution in [0.25, 0.3) is 0 Å². The van der Waals surface area contributed by atoms with E-state index in [1.807, 2.05) is 6.92 Å². The Kier molecular flexibility index (Phi) is 3.85. The second-order valence-electron chi connectivity index (χ2n) is 5.54. The highest BCUT2D eigenvalue weighted by Gasteiger charge is 2.32. The number of rotatable bonds is 3. The normalized spacial score (nSPS) is 25.2. The lowest BCUT2D eigenvalue weighted by molar-refractivity contribution is -0.145. The minimum atomic E-state index is -0.272. The maximum absolute atomic E-state index is 12.0. The molecule has 3 nitrogen and oxygen atoms in total. The molecule has 1 N–H and O–H groups in total. The summed E-state index contributed by atoms with van der Waals surface area (Å²) >= 11 is 0. The van der Waals surface area contributed by atoms with Crippen LogP contribution in [0, 0.1) is 11.8 Å². The Hall–Kier alpha value is -0.570. The molecule has 1 amide bonds. The SMILES string of the molecule is CC(CC1CCCCC1)C(=O)N1CC(O)C1. The quantitative estimate of drug-likeness (QED) is 0.795. The zero-order valence-electron chi connectivity index (χ0n) is 10.2. The molecular formula is C13H23NO2. The fourth-order valence-corrected chi connectivity index (χ4v) is 2.97. The summed E-state index contributed by atoms with van der Waals surface area (Å²) in [6.07, 6.45) is 7.44. The van der Waals surface area contributed by atoms with E-state index in [0.717, 1.165) is 12.3 Å². The van der Waals surface area contributed by atoms with Crippen LogP contribution in [0.3, 0.4) is 0 Å². The van der Waals surface area contributed by atoms with Gasteiger partial charge in [0.25, 0.3) is 0 Å². The van der Waals surface area contributed by atoms with Crippen molar-refractivity contribution < 1.29 is 9.90 Å². The number of aliphatic hydroxyl groups is 1. The summed E-state index contributed by atoms with van der Waals surface area (Å²) in [4.78, 5) is 13.7. The van der Waals surface area contributed by atoms with E-state index >= 15 is 0 Å². The predicted octanol–water partition coefficient (Wildman–Crippen LogP) is 1.80. The maximum atomic E-state index is 12.0. The molecule has 2 rings (SSSR count). The molecule has 16 heavy (non-hydrogen) atoms. The van der Waals surface area contributed by atoms with Gasteiger partial charge in [0.1, 0.15) is 0 Å². The first kappa shape index (κ1) is 11.9. The summed E-state index contributed by atoms with van der Waals surface area (Å²) < 4.78 is 0. The first-order valence-corrected chi connectivity index (χ1v) is 6.63. The van der Waals surface area contributed by atoms with Gasteiger partial charge in [-0.1, -0.05) is 39.0 Å². The molecule has 0 bridgehead atoms. The van der Waals surface area contributed by atoms with E-state index in [-0.39, 0.29) is 17.9 Å². The molecule has 0 radical (unpaired) electrons. The Balaban J connectivity index is 1.73. The molecule has 0 aromatic rings. The van der Waals surface area contributed by atoms with Crippen LogP contribution < -0.4 is 0 Å². The molecule has 1 saturated heterocycles. The van der Waals surface area contributed by atoms with Crippen LogP contribution in [-0.4, -0.2) is 35.1 Å². The van der Waals surface area contributed by atoms with Crippen LogP contribution in [-0.2, 0) is 4.79 Å². The average Bonchev–Trinajstić information content (AvgIpc) is 2.25. The summed E-state index contributed by atoms with van der Waals surface area (Å²) in [5.74, 6) is 1.16. The van der Waals surface area contributed by atoms with Crippen LogP contribution in [0.2, 0.25) is 0 Å². The Morgan fingerprint density at radius 3 is 2.50 bits per heavy atom. The van der Waals surface area contributed by atoms with Gasteiger partial charge in [-0.25, -0.2) is 0 Å². The molecule has 0 spiro atoms. The molecule has 3 heteroatoms. The van der Waals surface area contributed by atoms with E-state index in [2.05, 4.69) is 0 Å². The summed E-state index contributed by atoms with van der Waals surface area (Å²) in [7, 11) is 0. The van der Waals surface area contributed by atoms with Crippen molar-refractivity contribution in [3.63, 3.8) is 0 Å². The van der Waals surface area contributed by atoms with Gasteiger partial charge in [0.2, 0.25) is 5.91 Å². The van der Waals surface area contributed by atoms with E-state index in [1.165, 1.54) is 32.1 Å². The predicted molar refractivity (Wildman–Crippen MR) is 62.9 cm³/mol. The van der Waals surface area contributed by atoms with Gasteiger partial charge in [0.15, 0.2) is 0 Å². The van der Waals surface area contributed by atoms with Crippen LogP contribution in [0.5, 0.6) is 0 Å². The Morgan fingerprint density at radius 2 is 1.94 bits per heavy atom. The monoisotopic (exact) mass is 225 g/mol. The highest BCUT2D eigenvalue weighted by molar-refractivity contribution is 5.79. The Bertz CT molecular complexity index is 242. The third kappa shape index (κ3) is 2.76. The van der Waals surface area contributed by atoms with E-state index in [0.29, 0.717) is 13.1 Å². The van der Waals surface area contributed by atoms with Gasteiger partial charge >= 0.3 is 0 Å². The minimum absolute atomic E-state index is 0.149. The number of nitrogens with zero attached hydrogens (tertiary/aromatic N) is 1. The topological polar surface area (TPSA) is 40.5 Å². The van der Waals surface area contributed by atoms with Crippen molar-refractivity contribution in [2.75, 3.05) is 13.1 Å². The van der Waals surface area contributed by atoms with Crippen molar-refractivity contribution in [3.05, 3.63) is 0 Å². The first-order chi connectivity index (χ1) is 7.66. The third-order valence-electron chi connectivity index (χ3n) is 4.01. The number of hydrogen-bond donors (Lipinski definition) is 1. The van der Waals surface area contributed by atoms with Gasteiger partial charge in [-0.15, -0.1) is 0 Å². The second-order valence-corrected chi connectivity index (χ2v) is 5.54. The molecule has 1 aliphatic heterocycles. The number of carbonyl (C=O) groups excluding carboxylic acids is 1.